The van der Waals surface area contributed by atoms with Gasteiger partial charge < -0.3 is 9.47 Å². The van der Waals surface area contributed by atoms with Crippen LogP contribution in [0.2, 0.25) is 0 Å². The van der Waals surface area contributed by atoms with Crippen molar-refractivity contribution in [1.29, 1.82) is 0 Å². The van der Waals surface area contributed by atoms with Crippen LogP contribution in [0.25, 0.3) is 6.08 Å². The van der Waals surface area contributed by atoms with Crippen LogP contribution in [-0.4, -0.2) is 34.9 Å². The molecule has 1 amide bonds. The number of benzene rings is 1. The molecule has 23 heavy (non-hydrogen) atoms. The minimum Gasteiger partial charge on any atom is -0.490 e. The predicted octanol–water partition coefficient (Wildman–Crippen LogP) is 3.87. The summed E-state index contributed by atoms with van der Waals surface area (Å²) in [7, 11) is 0. The van der Waals surface area contributed by atoms with E-state index in [1.54, 1.807) is 6.08 Å². The maximum Gasteiger partial charge on any atom is 0.266 e. The number of nitrogens with zero attached hydrogens (tertiary/aromatic N) is 1. The minimum atomic E-state index is -0.0910. The predicted molar refractivity (Wildman–Crippen MR) is 98.9 cm³/mol. The zero-order chi connectivity index (χ0) is 16.8. The van der Waals surface area contributed by atoms with Crippen LogP contribution in [0.15, 0.2) is 35.8 Å². The van der Waals surface area contributed by atoms with E-state index < -0.39 is 0 Å². The summed E-state index contributed by atoms with van der Waals surface area (Å²) in [6, 6.07) is 5.62. The van der Waals surface area contributed by atoms with E-state index in [4.69, 9.17) is 21.7 Å². The fourth-order valence-corrected chi connectivity index (χ4v) is 3.37. The Balaban J connectivity index is 2.28. The van der Waals surface area contributed by atoms with Crippen LogP contribution in [0.1, 0.15) is 19.4 Å². The summed E-state index contributed by atoms with van der Waals surface area (Å²) in [5, 5.41) is 0. The number of ether oxygens (including phenoxy) is 2. The Kier molecular flexibility index (Phi) is 6.24. The van der Waals surface area contributed by atoms with Gasteiger partial charge in [0.25, 0.3) is 5.91 Å². The molecule has 4 nitrogen and oxygen atoms in total. The molecule has 1 aliphatic heterocycles. The van der Waals surface area contributed by atoms with E-state index in [0.29, 0.717) is 40.5 Å². The van der Waals surface area contributed by atoms with Crippen molar-refractivity contribution in [2.45, 2.75) is 13.8 Å². The molecule has 0 aliphatic carbocycles. The zero-order valence-corrected chi connectivity index (χ0v) is 14.8. The van der Waals surface area contributed by atoms with Crippen molar-refractivity contribution in [3.8, 4) is 11.5 Å². The van der Waals surface area contributed by atoms with Crippen LogP contribution in [0, 0.1) is 0 Å². The molecule has 0 spiro atoms. The van der Waals surface area contributed by atoms with Gasteiger partial charge in [0.2, 0.25) is 0 Å². The third kappa shape index (κ3) is 4.14. The first kappa shape index (κ1) is 17.6. The first-order valence-electron chi connectivity index (χ1n) is 7.36. The van der Waals surface area contributed by atoms with E-state index in [0.717, 1.165) is 5.56 Å². The Labute approximate surface area is 146 Å². The van der Waals surface area contributed by atoms with E-state index >= 15 is 0 Å². The fraction of sp³-hybridized carbons (Fsp3) is 0.294. The molecule has 1 aromatic rings. The fourth-order valence-electron chi connectivity index (χ4n) is 2.10. The molecule has 1 saturated heterocycles. The molecule has 0 saturated carbocycles. The molecule has 2 rings (SSSR count). The molecule has 0 atom stereocenters. The Morgan fingerprint density at radius 2 is 1.96 bits per heavy atom. The lowest BCUT2D eigenvalue weighted by atomic mass is 10.2. The normalized spacial score (nSPS) is 16.1. The first-order valence-corrected chi connectivity index (χ1v) is 8.59. The lowest BCUT2D eigenvalue weighted by molar-refractivity contribution is -0.121. The van der Waals surface area contributed by atoms with Crippen LogP contribution < -0.4 is 9.47 Å². The van der Waals surface area contributed by atoms with Gasteiger partial charge in [-0.1, -0.05) is 36.1 Å². The Hall–Kier alpha value is -1.79. The molecular weight excluding hydrogens is 330 g/mol. The number of hydrogen-bond acceptors (Lipinski definition) is 5. The number of carbonyl (C=O) groups excluding carboxylic acids is 1. The summed E-state index contributed by atoms with van der Waals surface area (Å²) >= 11 is 6.53. The van der Waals surface area contributed by atoms with Gasteiger partial charge in [0.1, 0.15) is 4.32 Å². The summed E-state index contributed by atoms with van der Waals surface area (Å²) in [6.07, 6.45) is 3.48. The van der Waals surface area contributed by atoms with Crippen molar-refractivity contribution in [2.75, 3.05) is 19.8 Å². The Bertz CT molecular complexity index is 655. The van der Waals surface area contributed by atoms with Crippen LogP contribution in [0.5, 0.6) is 11.5 Å². The number of thioether (sulfide) groups is 1. The number of carbonyl (C=O) groups is 1. The molecule has 0 aromatic heterocycles. The van der Waals surface area contributed by atoms with E-state index in [-0.39, 0.29) is 5.91 Å². The van der Waals surface area contributed by atoms with E-state index in [2.05, 4.69) is 6.58 Å². The van der Waals surface area contributed by atoms with Gasteiger partial charge in [-0.15, -0.1) is 6.58 Å². The third-order valence-electron chi connectivity index (χ3n) is 3.05. The van der Waals surface area contributed by atoms with Crippen molar-refractivity contribution in [3.05, 3.63) is 41.3 Å². The quantitative estimate of drug-likeness (QED) is 0.424. The first-order chi connectivity index (χ1) is 11.1. The third-order valence-corrected chi connectivity index (χ3v) is 4.43. The monoisotopic (exact) mass is 349 g/mol. The number of amides is 1. The van der Waals surface area contributed by atoms with Crippen molar-refractivity contribution < 1.29 is 14.3 Å². The van der Waals surface area contributed by atoms with Gasteiger partial charge in [-0.05, 0) is 37.6 Å². The van der Waals surface area contributed by atoms with Crippen molar-refractivity contribution >= 4 is 40.3 Å². The lowest BCUT2D eigenvalue weighted by Gasteiger charge is -2.11. The van der Waals surface area contributed by atoms with Gasteiger partial charge in [-0.2, -0.15) is 0 Å². The van der Waals surface area contributed by atoms with Crippen molar-refractivity contribution in [1.82, 2.24) is 4.90 Å². The van der Waals surface area contributed by atoms with Gasteiger partial charge in [0.15, 0.2) is 11.5 Å². The average Bonchev–Trinajstić information content (AvgIpc) is 2.78. The van der Waals surface area contributed by atoms with Gasteiger partial charge in [-0.3, -0.25) is 9.69 Å². The molecular formula is C17H19NO3S2. The summed E-state index contributed by atoms with van der Waals surface area (Å²) in [4.78, 5) is 14.5. The zero-order valence-electron chi connectivity index (χ0n) is 13.2. The SMILES string of the molecule is C=CCN1C(=O)/C(=C/c2ccc(OCC)c(OCC)c2)SC1=S. The van der Waals surface area contributed by atoms with Crippen LogP contribution in [-0.2, 0) is 4.79 Å². The second-order valence-corrected chi connectivity index (χ2v) is 6.33. The van der Waals surface area contributed by atoms with Crippen LogP contribution in [0.3, 0.4) is 0 Å². The molecule has 1 aromatic carbocycles. The minimum absolute atomic E-state index is 0.0910. The second kappa shape index (κ2) is 8.17. The van der Waals surface area contributed by atoms with E-state index in [1.165, 1.54) is 16.7 Å². The summed E-state index contributed by atoms with van der Waals surface area (Å²) in [5.74, 6) is 1.28. The molecule has 0 bridgehead atoms. The Morgan fingerprint density at radius 3 is 2.61 bits per heavy atom. The van der Waals surface area contributed by atoms with Gasteiger partial charge in [0.05, 0.1) is 18.1 Å². The maximum atomic E-state index is 12.3. The molecule has 122 valence electrons. The van der Waals surface area contributed by atoms with Crippen LogP contribution in [0.4, 0.5) is 0 Å². The molecule has 1 heterocycles. The smallest absolute Gasteiger partial charge is 0.266 e. The maximum absolute atomic E-state index is 12.3. The summed E-state index contributed by atoms with van der Waals surface area (Å²) in [5.41, 5.74) is 0.871. The highest BCUT2D eigenvalue weighted by Gasteiger charge is 2.30. The molecule has 0 unspecified atom stereocenters. The largest absolute Gasteiger partial charge is 0.490 e. The Morgan fingerprint density at radius 1 is 1.26 bits per heavy atom. The highest BCUT2D eigenvalue weighted by atomic mass is 32.2. The second-order valence-electron chi connectivity index (χ2n) is 4.65. The highest BCUT2D eigenvalue weighted by molar-refractivity contribution is 8.26. The van der Waals surface area contributed by atoms with Gasteiger partial charge in [0, 0.05) is 6.54 Å². The summed E-state index contributed by atoms with van der Waals surface area (Å²) in [6.45, 7) is 9.04. The van der Waals surface area contributed by atoms with Crippen LogP contribution >= 0.6 is 24.0 Å². The van der Waals surface area contributed by atoms with Crippen molar-refractivity contribution in [2.24, 2.45) is 0 Å². The molecule has 1 aliphatic rings. The van der Waals surface area contributed by atoms with Gasteiger partial charge in [-0.25, -0.2) is 0 Å². The molecule has 6 heteroatoms. The van der Waals surface area contributed by atoms with Crippen molar-refractivity contribution in [3.63, 3.8) is 0 Å². The topological polar surface area (TPSA) is 38.8 Å². The number of rotatable bonds is 7. The highest BCUT2D eigenvalue weighted by Crippen LogP contribution is 2.34. The van der Waals surface area contributed by atoms with E-state index in [9.17, 15) is 4.79 Å². The molecule has 0 radical (unpaired) electrons. The number of thiocarbonyl (C=S) groups is 1. The van der Waals surface area contributed by atoms with E-state index in [1.807, 2.05) is 38.1 Å². The average molecular weight is 349 g/mol. The van der Waals surface area contributed by atoms with Gasteiger partial charge >= 0.3 is 0 Å². The lowest BCUT2D eigenvalue weighted by Crippen LogP contribution is -2.27. The molecule has 1 fully saturated rings. The number of hydrogen-bond donors (Lipinski definition) is 0. The molecule has 0 N–H and O–H groups in total. The standard InChI is InChI=1S/C17H19NO3S2/c1-4-9-18-16(19)15(23-17(18)22)11-12-7-8-13(20-5-2)14(10-12)21-6-3/h4,7-8,10-11H,1,5-6,9H2,2-3H3/b15-11-. The summed E-state index contributed by atoms with van der Waals surface area (Å²) < 4.78 is 11.7.